The van der Waals surface area contributed by atoms with E-state index in [1.807, 2.05) is 5.38 Å². The SMILES string of the molecule is Cc1ccc(NC(=O)c2csc3c2CCC(C)C3)cc1S(=O)(=O)N(C)C. The lowest BCUT2D eigenvalue weighted by molar-refractivity contribution is 0.102. The fourth-order valence-electron chi connectivity index (χ4n) is 3.22. The molecule has 1 atom stereocenters. The second-order valence-corrected chi connectivity index (χ2v) is 10.2. The quantitative estimate of drug-likeness (QED) is 0.863. The maximum atomic E-state index is 12.7. The Morgan fingerprint density at radius 2 is 2.04 bits per heavy atom. The van der Waals surface area contributed by atoms with E-state index < -0.39 is 10.0 Å². The molecular weight excluding hydrogens is 368 g/mol. The standard InChI is InChI=1S/C19H24N2O3S2/c1-12-5-8-15-16(11-25-17(15)9-12)19(22)20-14-7-6-13(2)18(10-14)26(23,24)21(3)4/h6-7,10-12H,5,8-9H2,1-4H3,(H,20,22). The lowest BCUT2D eigenvalue weighted by Gasteiger charge is -2.19. The second kappa shape index (κ2) is 7.13. The number of thiophene rings is 1. The van der Waals surface area contributed by atoms with Gasteiger partial charge in [-0.05, 0) is 55.4 Å². The van der Waals surface area contributed by atoms with Gasteiger partial charge in [0, 0.05) is 30.0 Å². The highest BCUT2D eigenvalue weighted by molar-refractivity contribution is 7.89. The number of fused-ring (bicyclic) bond motifs is 1. The summed E-state index contributed by atoms with van der Waals surface area (Å²) in [7, 11) is -0.559. The zero-order chi connectivity index (χ0) is 19.1. The van der Waals surface area contributed by atoms with E-state index in [2.05, 4.69) is 12.2 Å². The Labute approximate surface area is 159 Å². The highest BCUT2D eigenvalue weighted by Crippen LogP contribution is 2.33. The van der Waals surface area contributed by atoms with Gasteiger partial charge >= 0.3 is 0 Å². The van der Waals surface area contributed by atoms with Crippen LogP contribution in [0, 0.1) is 12.8 Å². The summed E-state index contributed by atoms with van der Waals surface area (Å²) in [4.78, 5) is 14.3. The minimum absolute atomic E-state index is 0.172. The van der Waals surface area contributed by atoms with Gasteiger partial charge in [0.15, 0.2) is 0 Å². The summed E-state index contributed by atoms with van der Waals surface area (Å²) in [5, 5.41) is 4.79. The van der Waals surface area contributed by atoms with Crippen LogP contribution in [-0.4, -0.2) is 32.7 Å². The molecule has 7 heteroatoms. The third-order valence-corrected chi connectivity index (χ3v) is 7.86. The maximum absolute atomic E-state index is 12.7. The zero-order valence-electron chi connectivity index (χ0n) is 15.5. The molecule has 0 radical (unpaired) electrons. The molecule has 1 amide bonds. The average Bonchev–Trinajstić information content (AvgIpc) is 2.99. The molecule has 1 heterocycles. The predicted molar refractivity (Wildman–Crippen MR) is 106 cm³/mol. The van der Waals surface area contributed by atoms with Gasteiger partial charge in [0.05, 0.1) is 10.5 Å². The summed E-state index contributed by atoms with van der Waals surface area (Å²) in [6.07, 6.45) is 3.06. The van der Waals surface area contributed by atoms with Crippen molar-refractivity contribution in [3.05, 3.63) is 45.1 Å². The topological polar surface area (TPSA) is 66.5 Å². The first-order valence-corrected chi connectivity index (χ1v) is 11.0. The van der Waals surface area contributed by atoms with Gasteiger partial charge in [0.1, 0.15) is 0 Å². The largest absolute Gasteiger partial charge is 0.322 e. The first kappa shape index (κ1) is 19.1. The molecule has 140 valence electrons. The van der Waals surface area contributed by atoms with Gasteiger partial charge in [-0.15, -0.1) is 11.3 Å². The van der Waals surface area contributed by atoms with Crippen molar-refractivity contribution in [2.45, 2.75) is 38.0 Å². The zero-order valence-corrected chi connectivity index (χ0v) is 17.1. The Balaban J connectivity index is 1.87. The van der Waals surface area contributed by atoms with Crippen LogP contribution in [0.3, 0.4) is 0 Å². The number of carbonyl (C=O) groups excluding carboxylic acids is 1. The van der Waals surface area contributed by atoms with Crippen molar-refractivity contribution in [3.8, 4) is 0 Å². The van der Waals surface area contributed by atoms with Gasteiger partial charge in [0.2, 0.25) is 10.0 Å². The van der Waals surface area contributed by atoms with Crippen molar-refractivity contribution in [3.63, 3.8) is 0 Å². The van der Waals surface area contributed by atoms with Crippen molar-refractivity contribution in [2.24, 2.45) is 5.92 Å². The van der Waals surface area contributed by atoms with Crippen LogP contribution in [0.4, 0.5) is 5.69 Å². The van der Waals surface area contributed by atoms with Gasteiger partial charge in [-0.3, -0.25) is 4.79 Å². The smallest absolute Gasteiger partial charge is 0.256 e. The molecule has 0 bridgehead atoms. The van der Waals surface area contributed by atoms with E-state index in [4.69, 9.17) is 0 Å². The Hall–Kier alpha value is -1.70. The van der Waals surface area contributed by atoms with E-state index in [0.29, 0.717) is 17.2 Å². The molecule has 5 nitrogen and oxygen atoms in total. The van der Waals surface area contributed by atoms with E-state index in [0.717, 1.165) is 30.4 Å². The Morgan fingerprint density at radius 3 is 2.73 bits per heavy atom. The van der Waals surface area contributed by atoms with Crippen molar-refractivity contribution in [1.29, 1.82) is 0 Å². The summed E-state index contributed by atoms with van der Waals surface area (Å²) in [6.45, 7) is 3.99. The number of carbonyl (C=O) groups is 1. The number of amides is 1. The maximum Gasteiger partial charge on any atom is 0.256 e. The van der Waals surface area contributed by atoms with Crippen molar-refractivity contribution < 1.29 is 13.2 Å². The third kappa shape index (κ3) is 3.56. The monoisotopic (exact) mass is 392 g/mol. The summed E-state index contributed by atoms with van der Waals surface area (Å²) in [5.41, 5.74) is 3.01. The summed E-state index contributed by atoms with van der Waals surface area (Å²) < 4.78 is 26.1. The molecule has 1 aromatic heterocycles. The van der Waals surface area contributed by atoms with Crippen LogP contribution in [0.2, 0.25) is 0 Å². The predicted octanol–water partition coefficient (Wildman–Crippen LogP) is 3.68. The fourth-order valence-corrected chi connectivity index (χ4v) is 5.61. The number of nitrogens with zero attached hydrogens (tertiary/aromatic N) is 1. The summed E-state index contributed by atoms with van der Waals surface area (Å²) in [6, 6.07) is 4.99. The average molecular weight is 393 g/mol. The minimum atomic E-state index is -3.56. The first-order valence-electron chi connectivity index (χ1n) is 8.64. The van der Waals surface area contributed by atoms with E-state index >= 15 is 0 Å². The number of rotatable bonds is 4. The van der Waals surface area contributed by atoms with Gasteiger partial charge in [0.25, 0.3) is 5.91 Å². The van der Waals surface area contributed by atoms with Crippen molar-refractivity contribution in [1.82, 2.24) is 4.31 Å². The molecule has 26 heavy (non-hydrogen) atoms. The van der Waals surface area contributed by atoms with Gasteiger partial charge in [-0.2, -0.15) is 0 Å². The van der Waals surface area contributed by atoms with Crippen LogP contribution in [0.15, 0.2) is 28.5 Å². The summed E-state index contributed by atoms with van der Waals surface area (Å²) in [5.74, 6) is 0.488. The number of hydrogen-bond acceptors (Lipinski definition) is 4. The Morgan fingerprint density at radius 1 is 1.31 bits per heavy atom. The lowest BCUT2D eigenvalue weighted by atomic mass is 9.88. The van der Waals surface area contributed by atoms with Crippen LogP contribution < -0.4 is 5.32 Å². The normalized spacial score (nSPS) is 17.2. The highest BCUT2D eigenvalue weighted by atomic mass is 32.2. The first-order chi connectivity index (χ1) is 12.2. The number of benzene rings is 1. The van der Waals surface area contributed by atoms with E-state index in [-0.39, 0.29) is 10.8 Å². The Kier molecular flexibility index (Phi) is 5.23. The van der Waals surface area contributed by atoms with E-state index in [1.54, 1.807) is 30.4 Å². The molecule has 1 unspecified atom stereocenters. The van der Waals surface area contributed by atoms with Gasteiger partial charge < -0.3 is 5.32 Å². The third-order valence-electron chi connectivity index (χ3n) is 4.85. The van der Waals surface area contributed by atoms with Crippen molar-refractivity contribution in [2.75, 3.05) is 19.4 Å². The van der Waals surface area contributed by atoms with Crippen molar-refractivity contribution >= 4 is 33.0 Å². The molecule has 1 aliphatic rings. The van der Waals surface area contributed by atoms with Gasteiger partial charge in [-0.1, -0.05) is 13.0 Å². The van der Waals surface area contributed by atoms with E-state index in [1.165, 1.54) is 29.3 Å². The number of aryl methyl sites for hydroxylation is 1. The molecule has 3 rings (SSSR count). The number of anilines is 1. The van der Waals surface area contributed by atoms with Crippen LogP contribution in [-0.2, 0) is 22.9 Å². The van der Waals surface area contributed by atoms with Crippen LogP contribution >= 0.6 is 11.3 Å². The molecule has 1 aromatic carbocycles. The second-order valence-electron chi connectivity index (χ2n) is 7.12. The van der Waals surface area contributed by atoms with E-state index in [9.17, 15) is 13.2 Å². The molecule has 1 aliphatic carbocycles. The Bertz CT molecular complexity index is 946. The molecule has 0 fully saturated rings. The van der Waals surface area contributed by atoms with Crippen LogP contribution in [0.25, 0.3) is 0 Å². The molecule has 1 N–H and O–H groups in total. The molecule has 0 saturated heterocycles. The highest BCUT2D eigenvalue weighted by Gasteiger charge is 2.24. The fraction of sp³-hybridized carbons (Fsp3) is 0.421. The molecular formula is C19H24N2O3S2. The number of hydrogen-bond donors (Lipinski definition) is 1. The molecule has 0 saturated carbocycles. The minimum Gasteiger partial charge on any atom is -0.322 e. The summed E-state index contributed by atoms with van der Waals surface area (Å²) >= 11 is 1.65. The van der Waals surface area contributed by atoms with Crippen LogP contribution in [0.1, 0.15) is 39.7 Å². The van der Waals surface area contributed by atoms with Crippen LogP contribution in [0.5, 0.6) is 0 Å². The molecule has 2 aromatic rings. The lowest BCUT2D eigenvalue weighted by Crippen LogP contribution is -2.23. The number of nitrogens with one attached hydrogen (secondary N) is 1. The van der Waals surface area contributed by atoms with Gasteiger partial charge in [-0.25, -0.2) is 12.7 Å². The number of sulfonamides is 1. The molecule has 0 aliphatic heterocycles. The molecule has 0 spiro atoms.